The highest BCUT2D eigenvalue weighted by Gasteiger charge is 2.23. The van der Waals surface area contributed by atoms with E-state index < -0.39 is 17.7 Å². The van der Waals surface area contributed by atoms with Gasteiger partial charge in [-0.2, -0.15) is 0 Å². The van der Waals surface area contributed by atoms with Crippen molar-refractivity contribution < 1.29 is 8.78 Å². The van der Waals surface area contributed by atoms with Gasteiger partial charge in [-0.05, 0) is 65.6 Å². The van der Waals surface area contributed by atoms with Crippen molar-refractivity contribution in [3.05, 3.63) is 63.4 Å². The van der Waals surface area contributed by atoms with Crippen LogP contribution < -0.4 is 5.32 Å². The monoisotopic (exact) mass is 354 g/mol. The van der Waals surface area contributed by atoms with Crippen molar-refractivity contribution >= 4 is 15.9 Å². The zero-order valence-corrected chi connectivity index (χ0v) is 13.5. The third-order valence-electron chi connectivity index (χ3n) is 3.22. The van der Waals surface area contributed by atoms with Gasteiger partial charge < -0.3 is 5.32 Å². The van der Waals surface area contributed by atoms with Gasteiger partial charge in [-0.15, -0.1) is 0 Å². The van der Waals surface area contributed by atoms with Crippen LogP contribution in [0.25, 0.3) is 0 Å². The van der Waals surface area contributed by atoms with Gasteiger partial charge in [0.2, 0.25) is 0 Å². The molecule has 1 aromatic carbocycles. The number of rotatable bonds is 5. The SMILES string of the molecule is CCCNC(c1ccnc(C)c1)c1c(F)ccc(Br)c1F. The van der Waals surface area contributed by atoms with Crippen LogP contribution in [-0.2, 0) is 0 Å². The second kappa shape index (κ2) is 7.09. The van der Waals surface area contributed by atoms with Gasteiger partial charge in [-0.1, -0.05) is 6.92 Å². The summed E-state index contributed by atoms with van der Waals surface area (Å²) in [6, 6.07) is 5.73. The van der Waals surface area contributed by atoms with Gasteiger partial charge in [0.05, 0.1) is 10.5 Å². The van der Waals surface area contributed by atoms with Crippen LogP contribution in [0.2, 0.25) is 0 Å². The fourth-order valence-electron chi connectivity index (χ4n) is 2.23. The lowest BCUT2D eigenvalue weighted by Crippen LogP contribution is -2.25. The summed E-state index contributed by atoms with van der Waals surface area (Å²) in [7, 11) is 0. The summed E-state index contributed by atoms with van der Waals surface area (Å²) < 4.78 is 28.8. The number of hydrogen-bond acceptors (Lipinski definition) is 2. The van der Waals surface area contributed by atoms with Crippen molar-refractivity contribution in [2.24, 2.45) is 0 Å². The molecule has 21 heavy (non-hydrogen) atoms. The van der Waals surface area contributed by atoms with E-state index in [1.54, 1.807) is 12.3 Å². The summed E-state index contributed by atoms with van der Waals surface area (Å²) in [5, 5.41) is 3.21. The molecule has 1 aromatic heterocycles. The van der Waals surface area contributed by atoms with E-state index >= 15 is 0 Å². The molecule has 112 valence electrons. The van der Waals surface area contributed by atoms with Gasteiger partial charge in [-0.3, -0.25) is 4.98 Å². The highest BCUT2D eigenvalue weighted by Crippen LogP contribution is 2.31. The Morgan fingerprint density at radius 1 is 1.29 bits per heavy atom. The zero-order chi connectivity index (χ0) is 15.4. The van der Waals surface area contributed by atoms with Crippen molar-refractivity contribution in [3.8, 4) is 0 Å². The molecule has 2 aromatic rings. The first-order chi connectivity index (χ1) is 10.0. The van der Waals surface area contributed by atoms with Crippen LogP contribution in [0.4, 0.5) is 8.78 Å². The van der Waals surface area contributed by atoms with E-state index in [0.29, 0.717) is 6.54 Å². The van der Waals surface area contributed by atoms with Crippen LogP contribution in [0.15, 0.2) is 34.9 Å². The topological polar surface area (TPSA) is 24.9 Å². The van der Waals surface area contributed by atoms with Gasteiger partial charge in [0.25, 0.3) is 0 Å². The highest BCUT2D eigenvalue weighted by atomic mass is 79.9. The first-order valence-electron chi connectivity index (χ1n) is 6.84. The first kappa shape index (κ1) is 16.0. The Hall–Kier alpha value is -1.33. The number of hydrogen-bond donors (Lipinski definition) is 1. The molecule has 0 radical (unpaired) electrons. The Labute approximate surface area is 131 Å². The number of aromatic nitrogens is 1. The normalized spacial score (nSPS) is 12.4. The van der Waals surface area contributed by atoms with Gasteiger partial charge >= 0.3 is 0 Å². The molecule has 1 heterocycles. The third-order valence-corrected chi connectivity index (χ3v) is 3.83. The standard InChI is InChI=1S/C16H17BrF2N2/c1-3-7-21-16(11-6-8-20-10(2)9-11)14-13(18)5-4-12(17)15(14)19/h4-6,8-9,16,21H,3,7H2,1-2H3. The minimum absolute atomic E-state index is 0.0309. The zero-order valence-electron chi connectivity index (χ0n) is 12.0. The lowest BCUT2D eigenvalue weighted by atomic mass is 9.97. The smallest absolute Gasteiger partial charge is 0.145 e. The van der Waals surface area contributed by atoms with Crippen LogP contribution in [0, 0.1) is 18.6 Å². The van der Waals surface area contributed by atoms with Crippen molar-refractivity contribution in [3.63, 3.8) is 0 Å². The van der Waals surface area contributed by atoms with Crippen molar-refractivity contribution in [1.82, 2.24) is 10.3 Å². The summed E-state index contributed by atoms with van der Waals surface area (Å²) in [6.07, 6.45) is 2.52. The molecule has 0 aliphatic carbocycles. The second-order valence-electron chi connectivity index (χ2n) is 4.87. The van der Waals surface area contributed by atoms with Crippen molar-refractivity contribution in [2.75, 3.05) is 6.54 Å². The summed E-state index contributed by atoms with van der Waals surface area (Å²) in [5.74, 6) is -1.13. The maximum atomic E-state index is 14.4. The molecule has 1 unspecified atom stereocenters. The molecule has 2 nitrogen and oxygen atoms in total. The van der Waals surface area contributed by atoms with Crippen molar-refractivity contribution in [2.45, 2.75) is 26.3 Å². The van der Waals surface area contributed by atoms with Gasteiger partial charge in [0.1, 0.15) is 11.6 Å². The van der Waals surface area contributed by atoms with E-state index in [1.807, 2.05) is 19.9 Å². The summed E-state index contributed by atoms with van der Waals surface area (Å²) >= 11 is 3.12. The van der Waals surface area contributed by atoms with Gasteiger partial charge in [0.15, 0.2) is 0 Å². The van der Waals surface area contributed by atoms with E-state index in [0.717, 1.165) is 17.7 Å². The number of pyridine rings is 1. The number of nitrogens with zero attached hydrogens (tertiary/aromatic N) is 1. The Balaban J connectivity index is 2.53. The molecule has 0 aliphatic heterocycles. The number of aryl methyl sites for hydroxylation is 1. The fraction of sp³-hybridized carbons (Fsp3) is 0.312. The molecule has 0 amide bonds. The van der Waals surface area contributed by atoms with E-state index in [1.165, 1.54) is 12.1 Å². The summed E-state index contributed by atoms with van der Waals surface area (Å²) in [6.45, 7) is 4.53. The van der Waals surface area contributed by atoms with Gasteiger partial charge in [-0.25, -0.2) is 8.78 Å². The van der Waals surface area contributed by atoms with Gasteiger partial charge in [0, 0.05) is 17.5 Å². The Morgan fingerprint density at radius 3 is 2.71 bits per heavy atom. The molecule has 0 fully saturated rings. The molecular formula is C16H17BrF2N2. The Bertz CT molecular complexity index is 632. The Morgan fingerprint density at radius 2 is 2.05 bits per heavy atom. The average Bonchev–Trinajstić information content (AvgIpc) is 2.46. The largest absolute Gasteiger partial charge is 0.306 e. The molecule has 1 atom stereocenters. The molecular weight excluding hydrogens is 338 g/mol. The molecule has 5 heteroatoms. The van der Waals surface area contributed by atoms with Crippen LogP contribution >= 0.6 is 15.9 Å². The van der Waals surface area contributed by atoms with Crippen LogP contribution in [0.3, 0.4) is 0 Å². The Kier molecular flexibility index (Phi) is 5.42. The number of benzene rings is 1. The minimum Gasteiger partial charge on any atom is -0.306 e. The summed E-state index contributed by atoms with van der Waals surface area (Å²) in [5.41, 5.74) is 1.64. The summed E-state index contributed by atoms with van der Waals surface area (Å²) in [4.78, 5) is 4.13. The molecule has 0 saturated heterocycles. The highest BCUT2D eigenvalue weighted by molar-refractivity contribution is 9.10. The third kappa shape index (κ3) is 3.66. The molecule has 0 bridgehead atoms. The molecule has 0 saturated carbocycles. The molecule has 1 N–H and O–H groups in total. The fourth-order valence-corrected chi connectivity index (χ4v) is 2.58. The maximum absolute atomic E-state index is 14.4. The van der Waals surface area contributed by atoms with Crippen molar-refractivity contribution in [1.29, 1.82) is 0 Å². The van der Waals surface area contributed by atoms with E-state index in [2.05, 4.69) is 26.2 Å². The first-order valence-corrected chi connectivity index (χ1v) is 7.63. The number of nitrogens with one attached hydrogen (secondary N) is 1. The van der Waals surface area contributed by atoms with E-state index in [-0.39, 0.29) is 10.0 Å². The maximum Gasteiger partial charge on any atom is 0.145 e. The minimum atomic E-state index is -0.571. The molecule has 2 rings (SSSR count). The second-order valence-corrected chi connectivity index (χ2v) is 5.73. The quantitative estimate of drug-likeness (QED) is 0.798. The van der Waals surface area contributed by atoms with Crippen LogP contribution in [0.1, 0.15) is 36.2 Å². The number of halogens is 3. The van der Waals surface area contributed by atoms with Crippen LogP contribution in [0.5, 0.6) is 0 Å². The lowest BCUT2D eigenvalue weighted by Gasteiger charge is -2.21. The van der Waals surface area contributed by atoms with E-state index in [4.69, 9.17) is 0 Å². The predicted molar refractivity (Wildman–Crippen MR) is 83.2 cm³/mol. The predicted octanol–water partition coefficient (Wildman–Crippen LogP) is 4.52. The average molecular weight is 355 g/mol. The van der Waals surface area contributed by atoms with E-state index in [9.17, 15) is 8.78 Å². The van der Waals surface area contributed by atoms with Crippen LogP contribution in [-0.4, -0.2) is 11.5 Å². The molecule has 0 spiro atoms. The lowest BCUT2D eigenvalue weighted by molar-refractivity contribution is 0.500. The molecule has 0 aliphatic rings.